The second-order valence-corrected chi connectivity index (χ2v) is 7.74. The summed E-state index contributed by atoms with van der Waals surface area (Å²) >= 11 is 0. The zero-order valence-corrected chi connectivity index (χ0v) is 18.8. The molecule has 170 valence electrons. The number of rotatable bonds is 6. The number of carbonyl (C=O) groups is 1. The Morgan fingerprint density at radius 2 is 2.00 bits per heavy atom. The first kappa shape index (κ1) is 22.4. The minimum absolute atomic E-state index is 0.0324. The van der Waals surface area contributed by atoms with Crippen molar-refractivity contribution >= 4 is 11.7 Å². The van der Waals surface area contributed by atoms with Crippen LogP contribution >= 0.6 is 0 Å². The molecule has 4 rings (SSSR count). The Bertz CT molecular complexity index is 1460. The summed E-state index contributed by atoms with van der Waals surface area (Å²) in [6, 6.07) is 9.84. The van der Waals surface area contributed by atoms with Gasteiger partial charge in [0.15, 0.2) is 5.82 Å². The van der Waals surface area contributed by atoms with Crippen molar-refractivity contribution in [1.29, 1.82) is 5.26 Å². The number of nitrogens with zero attached hydrogens (tertiary/aromatic N) is 6. The summed E-state index contributed by atoms with van der Waals surface area (Å²) in [7, 11) is 1.82. The molecule has 1 amide bonds. The minimum Gasteiger partial charge on any atom is -0.456 e. The number of nitrogens with one attached hydrogen (secondary N) is 1. The largest absolute Gasteiger partial charge is 0.456 e. The van der Waals surface area contributed by atoms with Gasteiger partial charge in [-0.2, -0.15) is 10.4 Å². The molecule has 0 unspecified atom stereocenters. The number of carbonyl (C=O) groups excluding carboxylic acids is 1. The number of hydrogen-bond acceptors (Lipinski definition) is 7. The molecule has 4 aromatic rings. The van der Waals surface area contributed by atoms with Gasteiger partial charge in [0.05, 0.1) is 23.7 Å². The second-order valence-electron chi connectivity index (χ2n) is 7.74. The Kier molecular flexibility index (Phi) is 6.18. The van der Waals surface area contributed by atoms with E-state index >= 15 is 0 Å². The quantitative estimate of drug-likeness (QED) is 0.471. The second kappa shape index (κ2) is 9.38. The van der Waals surface area contributed by atoms with E-state index in [2.05, 4.69) is 20.4 Å². The van der Waals surface area contributed by atoms with E-state index in [4.69, 9.17) is 4.74 Å². The molecular weight excluding hydrogens is 434 g/mol. The van der Waals surface area contributed by atoms with Crippen LogP contribution in [0.5, 0.6) is 11.5 Å². The number of nitriles is 1. The number of pyridine rings is 3. The molecule has 4 heterocycles. The highest BCUT2D eigenvalue weighted by Gasteiger charge is 2.17. The smallest absolute Gasteiger partial charge is 0.263 e. The molecule has 0 saturated heterocycles. The van der Waals surface area contributed by atoms with Crippen molar-refractivity contribution < 1.29 is 9.53 Å². The van der Waals surface area contributed by atoms with Crippen molar-refractivity contribution in [3.05, 3.63) is 82.8 Å². The first-order valence-electron chi connectivity index (χ1n) is 10.4. The molecule has 0 saturated carbocycles. The van der Waals surface area contributed by atoms with Gasteiger partial charge >= 0.3 is 0 Å². The fraction of sp³-hybridized carbons (Fsp3) is 0.167. The molecule has 0 bridgehead atoms. The molecule has 0 aliphatic heterocycles. The lowest BCUT2D eigenvalue weighted by Crippen LogP contribution is -2.29. The predicted octanol–water partition coefficient (Wildman–Crippen LogP) is 3.54. The van der Waals surface area contributed by atoms with E-state index in [1.54, 1.807) is 41.5 Å². The van der Waals surface area contributed by atoms with E-state index in [1.807, 2.05) is 33.2 Å². The molecule has 0 atom stereocenters. The van der Waals surface area contributed by atoms with Crippen molar-refractivity contribution in [3.63, 3.8) is 0 Å². The molecule has 10 nitrogen and oxygen atoms in total. The summed E-state index contributed by atoms with van der Waals surface area (Å²) in [5.41, 5.74) is 1.14. The van der Waals surface area contributed by atoms with Gasteiger partial charge in [-0.05, 0) is 32.0 Å². The van der Waals surface area contributed by atoms with Gasteiger partial charge in [-0.1, -0.05) is 0 Å². The monoisotopic (exact) mass is 455 g/mol. The highest BCUT2D eigenvalue weighted by atomic mass is 16.5. The van der Waals surface area contributed by atoms with Crippen LogP contribution in [0, 0.1) is 11.3 Å². The van der Waals surface area contributed by atoms with Gasteiger partial charge in [0.1, 0.15) is 23.1 Å². The molecule has 0 spiro atoms. The molecule has 4 aromatic heterocycles. The SMILES string of the molecule is CC(C)n1cccc(C(=O)Nc2ncc(Oc3ccnc(-c4cnn(C)c4)c3)cc2C#N)c1=O. The number of ether oxygens (including phenoxy) is 1. The summed E-state index contributed by atoms with van der Waals surface area (Å²) < 4.78 is 8.98. The fourth-order valence-electron chi connectivity index (χ4n) is 3.27. The highest BCUT2D eigenvalue weighted by Crippen LogP contribution is 2.27. The van der Waals surface area contributed by atoms with Crippen molar-refractivity contribution in [3.8, 4) is 28.8 Å². The lowest BCUT2D eigenvalue weighted by Gasteiger charge is -2.12. The van der Waals surface area contributed by atoms with Crippen LogP contribution in [0.1, 0.15) is 35.8 Å². The number of anilines is 1. The third kappa shape index (κ3) is 4.68. The van der Waals surface area contributed by atoms with Crippen LogP contribution in [0.2, 0.25) is 0 Å². The zero-order valence-electron chi connectivity index (χ0n) is 18.8. The number of aryl methyl sites for hydroxylation is 1. The Morgan fingerprint density at radius 3 is 2.71 bits per heavy atom. The third-order valence-corrected chi connectivity index (χ3v) is 4.96. The first-order valence-corrected chi connectivity index (χ1v) is 10.4. The topological polar surface area (TPSA) is 128 Å². The fourth-order valence-corrected chi connectivity index (χ4v) is 3.27. The van der Waals surface area contributed by atoms with Crippen LogP contribution in [-0.2, 0) is 7.05 Å². The number of hydrogen-bond donors (Lipinski definition) is 1. The van der Waals surface area contributed by atoms with Crippen molar-refractivity contribution in [1.82, 2.24) is 24.3 Å². The molecule has 0 fully saturated rings. The lowest BCUT2D eigenvalue weighted by atomic mass is 10.2. The maximum absolute atomic E-state index is 12.7. The molecule has 0 aromatic carbocycles. The standard InChI is InChI=1S/C24H21N7O3/c1-15(2)31-8-4-5-20(24(31)33)23(32)29-22-16(11-25)9-19(13-27-22)34-18-6-7-26-21(10-18)17-12-28-30(3)14-17/h4-10,12-15H,1-3H3,(H,27,29,32). The normalized spacial score (nSPS) is 10.7. The molecule has 0 aliphatic carbocycles. The van der Waals surface area contributed by atoms with E-state index in [0.29, 0.717) is 17.2 Å². The van der Waals surface area contributed by atoms with Crippen LogP contribution in [0.3, 0.4) is 0 Å². The van der Waals surface area contributed by atoms with Gasteiger partial charge < -0.3 is 14.6 Å². The summed E-state index contributed by atoms with van der Waals surface area (Å²) in [6.07, 6.45) is 8.14. The van der Waals surface area contributed by atoms with E-state index < -0.39 is 11.5 Å². The summed E-state index contributed by atoms with van der Waals surface area (Å²) in [5.74, 6) is 0.188. The first-order chi connectivity index (χ1) is 16.4. The Labute approximate surface area is 195 Å². The van der Waals surface area contributed by atoms with Gasteiger partial charge in [-0.3, -0.25) is 19.3 Å². The van der Waals surface area contributed by atoms with Gasteiger partial charge in [0.2, 0.25) is 0 Å². The third-order valence-electron chi connectivity index (χ3n) is 4.96. The van der Waals surface area contributed by atoms with Crippen LogP contribution in [0.4, 0.5) is 5.82 Å². The van der Waals surface area contributed by atoms with E-state index in [1.165, 1.54) is 22.9 Å². The van der Waals surface area contributed by atoms with Gasteiger partial charge in [-0.25, -0.2) is 4.98 Å². The molecule has 10 heteroatoms. The Morgan fingerprint density at radius 1 is 1.18 bits per heavy atom. The number of amides is 1. The van der Waals surface area contributed by atoms with E-state index in [0.717, 1.165) is 5.56 Å². The number of aromatic nitrogens is 5. The van der Waals surface area contributed by atoms with Crippen LogP contribution in [0.15, 0.2) is 66.1 Å². The summed E-state index contributed by atoms with van der Waals surface area (Å²) in [4.78, 5) is 33.8. The molecule has 1 N–H and O–H groups in total. The lowest BCUT2D eigenvalue weighted by molar-refractivity contribution is 0.102. The van der Waals surface area contributed by atoms with E-state index in [9.17, 15) is 14.9 Å². The maximum Gasteiger partial charge on any atom is 0.263 e. The van der Waals surface area contributed by atoms with Gasteiger partial charge in [-0.15, -0.1) is 0 Å². The summed E-state index contributed by atoms with van der Waals surface area (Å²) in [6.45, 7) is 3.69. The van der Waals surface area contributed by atoms with Crippen molar-refractivity contribution in [2.24, 2.45) is 7.05 Å². The van der Waals surface area contributed by atoms with Gasteiger partial charge in [0.25, 0.3) is 11.5 Å². The van der Waals surface area contributed by atoms with Crippen LogP contribution in [-0.4, -0.2) is 30.2 Å². The minimum atomic E-state index is -0.645. The average Bonchev–Trinajstić information content (AvgIpc) is 3.26. The molecule has 34 heavy (non-hydrogen) atoms. The zero-order chi connectivity index (χ0) is 24.2. The van der Waals surface area contributed by atoms with E-state index in [-0.39, 0.29) is 23.0 Å². The Balaban J connectivity index is 1.55. The van der Waals surface area contributed by atoms with Crippen molar-refractivity contribution in [2.45, 2.75) is 19.9 Å². The van der Waals surface area contributed by atoms with Crippen molar-refractivity contribution in [2.75, 3.05) is 5.32 Å². The highest BCUT2D eigenvalue weighted by molar-refractivity contribution is 6.04. The Hall–Kier alpha value is -4.78. The van der Waals surface area contributed by atoms with Crippen LogP contribution < -0.4 is 15.6 Å². The maximum atomic E-state index is 12.7. The molecule has 0 radical (unpaired) electrons. The van der Waals surface area contributed by atoms with Gasteiger partial charge in [0, 0.05) is 49.4 Å². The molecule has 0 aliphatic rings. The van der Waals surface area contributed by atoms with Crippen LogP contribution in [0.25, 0.3) is 11.3 Å². The summed E-state index contributed by atoms with van der Waals surface area (Å²) in [5, 5.41) is 16.3. The average molecular weight is 455 g/mol. The molecular formula is C24H21N7O3. The predicted molar refractivity (Wildman–Crippen MR) is 125 cm³/mol.